The van der Waals surface area contributed by atoms with Gasteiger partial charge in [-0.15, -0.1) is 11.6 Å². The minimum atomic E-state index is -0.640. The normalized spacial score (nSPS) is 11.7. The van der Waals surface area contributed by atoms with E-state index in [4.69, 9.17) is 23.2 Å². The SMILES string of the molecule is Fc1ccc(C(=Cc2ccccc2Cl)CCl)c(F)c1. The molecule has 2 aromatic rings. The summed E-state index contributed by atoms with van der Waals surface area (Å²) < 4.78 is 26.6. The van der Waals surface area contributed by atoms with Gasteiger partial charge in [0.05, 0.1) is 0 Å². The Bertz CT molecular complexity index is 621. The zero-order chi connectivity index (χ0) is 13.8. The summed E-state index contributed by atoms with van der Waals surface area (Å²) in [6.07, 6.45) is 1.70. The number of halogens is 4. The Balaban J connectivity index is 2.48. The van der Waals surface area contributed by atoms with Gasteiger partial charge >= 0.3 is 0 Å². The smallest absolute Gasteiger partial charge is 0.133 e. The highest BCUT2D eigenvalue weighted by Gasteiger charge is 2.09. The topological polar surface area (TPSA) is 0 Å². The van der Waals surface area contributed by atoms with Gasteiger partial charge in [-0.1, -0.05) is 29.8 Å². The Hall–Kier alpha value is -1.38. The van der Waals surface area contributed by atoms with E-state index in [2.05, 4.69) is 0 Å². The maximum absolute atomic E-state index is 13.7. The van der Waals surface area contributed by atoms with E-state index >= 15 is 0 Å². The van der Waals surface area contributed by atoms with Gasteiger partial charge in [-0.2, -0.15) is 0 Å². The van der Waals surface area contributed by atoms with Crippen molar-refractivity contribution in [2.75, 3.05) is 5.88 Å². The van der Waals surface area contributed by atoms with Crippen LogP contribution in [0.4, 0.5) is 8.78 Å². The van der Waals surface area contributed by atoms with Crippen LogP contribution in [-0.2, 0) is 0 Å². The number of hydrogen-bond donors (Lipinski definition) is 0. The lowest BCUT2D eigenvalue weighted by Gasteiger charge is -2.07. The van der Waals surface area contributed by atoms with Crippen LogP contribution in [0.5, 0.6) is 0 Å². The number of rotatable bonds is 3. The molecule has 0 aliphatic carbocycles. The monoisotopic (exact) mass is 298 g/mol. The van der Waals surface area contributed by atoms with E-state index in [-0.39, 0.29) is 11.4 Å². The lowest BCUT2D eigenvalue weighted by molar-refractivity contribution is 0.581. The molecular weight excluding hydrogens is 289 g/mol. The van der Waals surface area contributed by atoms with Gasteiger partial charge in [0.2, 0.25) is 0 Å². The van der Waals surface area contributed by atoms with Crippen LogP contribution < -0.4 is 0 Å². The Kier molecular flexibility index (Phi) is 4.56. The molecule has 0 bridgehead atoms. The zero-order valence-electron chi connectivity index (χ0n) is 9.84. The van der Waals surface area contributed by atoms with Crippen molar-refractivity contribution < 1.29 is 8.78 Å². The quantitative estimate of drug-likeness (QED) is 0.526. The van der Waals surface area contributed by atoms with Crippen LogP contribution in [0, 0.1) is 11.6 Å². The summed E-state index contributed by atoms with van der Waals surface area (Å²) in [7, 11) is 0. The van der Waals surface area contributed by atoms with Crippen molar-refractivity contribution in [3.05, 3.63) is 70.2 Å². The standard InChI is InChI=1S/C15H10Cl2F2/c16-9-11(7-10-3-1-2-4-14(10)17)13-6-5-12(18)8-15(13)19/h1-8H,9H2. The Morgan fingerprint density at radius 1 is 1.11 bits per heavy atom. The molecule has 98 valence electrons. The molecule has 2 aromatic carbocycles. The molecule has 0 amide bonds. The molecule has 0 radical (unpaired) electrons. The highest BCUT2D eigenvalue weighted by Crippen LogP contribution is 2.26. The molecule has 0 saturated heterocycles. The summed E-state index contributed by atoms with van der Waals surface area (Å²) in [4.78, 5) is 0. The second kappa shape index (κ2) is 6.18. The first kappa shape index (κ1) is 14.0. The molecule has 2 rings (SSSR count). The van der Waals surface area contributed by atoms with Gasteiger partial charge in [0, 0.05) is 22.5 Å². The molecule has 0 aromatic heterocycles. The summed E-state index contributed by atoms with van der Waals surface area (Å²) >= 11 is 11.9. The van der Waals surface area contributed by atoms with Crippen molar-refractivity contribution in [2.24, 2.45) is 0 Å². The summed E-state index contributed by atoms with van der Waals surface area (Å²) in [5.74, 6) is -1.15. The average molecular weight is 299 g/mol. The molecule has 0 aliphatic heterocycles. The first-order valence-corrected chi connectivity index (χ1v) is 6.49. The van der Waals surface area contributed by atoms with E-state index < -0.39 is 11.6 Å². The Morgan fingerprint density at radius 2 is 1.84 bits per heavy atom. The fourth-order valence-corrected chi connectivity index (χ4v) is 2.13. The van der Waals surface area contributed by atoms with Crippen molar-refractivity contribution in [1.29, 1.82) is 0 Å². The number of allylic oxidation sites excluding steroid dienone is 1. The minimum Gasteiger partial charge on any atom is -0.207 e. The van der Waals surface area contributed by atoms with Crippen molar-refractivity contribution in [2.45, 2.75) is 0 Å². The lowest BCUT2D eigenvalue weighted by atomic mass is 10.0. The molecule has 0 atom stereocenters. The zero-order valence-corrected chi connectivity index (χ0v) is 11.3. The van der Waals surface area contributed by atoms with Crippen LogP contribution in [0.25, 0.3) is 11.6 Å². The van der Waals surface area contributed by atoms with Gasteiger partial charge in [0.1, 0.15) is 11.6 Å². The highest BCUT2D eigenvalue weighted by atomic mass is 35.5. The molecule has 0 aliphatic rings. The lowest BCUT2D eigenvalue weighted by Crippen LogP contribution is -1.93. The number of benzene rings is 2. The molecule has 0 N–H and O–H groups in total. The second-order valence-electron chi connectivity index (χ2n) is 3.95. The molecule has 0 heterocycles. The van der Waals surface area contributed by atoms with E-state index in [1.165, 1.54) is 12.1 Å². The molecule has 0 spiro atoms. The van der Waals surface area contributed by atoms with Crippen molar-refractivity contribution in [3.8, 4) is 0 Å². The van der Waals surface area contributed by atoms with Crippen LogP contribution >= 0.6 is 23.2 Å². The summed E-state index contributed by atoms with van der Waals surface area (Å²) in [5, 5.41) is 0.549. The van der Waals surface area contributed by atoms with Crippen molar-refractivity contribution in [3.63, 3.8) is 0 Å². The molecular formula is C15H10Cl2F2. The van der Waals surface area contributed by atoms with Gasteiger partial charge in [0.25, 0.3) is 0 Å². The summed E-state index contributed by atoms with van der Waals surface area (Å²) in [6.45, 7) is 0. The number of hydrogen-bond acceptors (Lipinski definition) is 0. The van der Waals surface area contributed by atoms with Crippen LogP contribution in [-0.4, -0.2) is 5.88 Å². The van der Waals surface area contributed by atoms with E-state index in [1.807, 2.05) is 6.07 Å². The highest BCUT2D eigenvalue weighted by molar-refractivity contribution is 6.32. The fraction of sp³-hybridized carbons (Fsp3) is 0.0667. The van der Waals surface area contributed by atoms with Crippen LogP contribution in [0.2, 0.25) is 5.02 Å². The van der Waals surface area contributed by atoms with Gasteiger partial charge in [-0.3, -0.25) is 0 Å². The van der Waals surface area contributed by atoms with E-state index in [0.29, 0.717) is 10.6 Å². The third-order valence-corrected chi connectivity index (χ3v) is 3.29. The average Bonchev–Trinajstić information content (AvgIpc) is 2.39. The third-order valence-electron chi connectivity index (χ3n) is 2.66. The van der Waals surface area contributed by atoms with E-state index in [0.717, 1.165) is 11.6 Å². The molecule has 4 heteroatoms. The van der Waals surface area contributed by atoms with Crippen molar-refractivity contribution >= 4 is 34.9 Å². The van der Waals surface area contributed by atoms with Gasteiger partial charge in [-0.25, -0.2) is 8.78 Å². The second-order valence-corrected chi connectivity index (χ2v) is 4.62. The summed E-state index contributed by atoms with van der Waals surface area (Å²) in [5.41, 5.74) is 1.56. The van der Waals surface area contributed by atoms with Gasteiger partial charge in [0.15, 0.2) is 0 Å². The maximum atomic E-state index is 13.7. The van der Waals surface area contributed by atoms with Crippen LogP contribution in [0.1, 0.15) is 11.1 Å². The van der Waals surface area contributed by atoms with E-state index in [1.54, 1.807) is 24.3 Å². The van der Waals surface area contributed by atoms with Gasteiger partial charge < -0.3 is 0 Å². The van der Waals surface area contributed by atoms with E-state index in [9.17, 15) is 8.78 Å². The third kappa shape index (κ3) is 3.34. The molecule has 19 heavy (non-hydrogen) atoms. The molecule has 0 saturated carbocycles. The Morgan fingerprint density at radius 3 is 2.47 bits per heavy atom. The fourth-order valence-electron chi connectivity index (χ4n) is 1.72. The first-order chi connectivity index (χ1) is 9.11. The number of alkyl halides is 1. The predicted molar refractivity (Wildman–Crippen MR) is 76.4 cm³/mol. The molecule has 0 unspecified atom stereocenters. The Labute approximate surface area is 120 Å². The van der Waals surface area contributed by atoms with Crippen LogP contribution in [0.3, 0.4) is 0 Å². The largest absolute Gasteiger partial charge is 0.207 e. The molecule has 0 nitrogen and oxygen atoms in total. The van der Waals surface area contributed by atoms with Gasteiger partial charge in [-0.05, 0) is 35.4 Å². The first-order valence-electron chi connectivity index (χ1n) is 5.58. The minimum absolute atomic E-state index is 0.105. The molecule has 0 fully saturated rings. The maximum Gasteiger partial charge on any atom is 0.133 e. The summed E-state index contributed by atoms with van der Waals surface area (Å²) in [6, 6.07) is 10.6. The van der Waals surface area contributed by atoms with Crippen LogP contribution in [0.15, 0.2) is 42.5 Å². The van der Waals surface area contributed by atoms with Crippen molar-refractivity contribution in [1.82, 2.24) is 0 Å². The predicted octanol–water partition coefficient (Wildman–Crippen LogP) is 5.40.